The van der Waals surface area contributed by atoms with Crippen molar-refractivity contribution in [1.29, 1.82) is 0 Å². The first kappa shape index (κ1) is 18.2. The molecule has 0 saturated carbocycles. The van der Waals surface area contributed by atoms with Crippen molar-refractivity contribution in [1.82, 2.24) is 15.1 Å². The average Bonchev–Trinajstić information content (AvgIpc) is 3.10. The second kappa shape index (κ2) is 8.21. The number of hydrogen-bond donors (Lipinski definition) is 1. The quantitative estimate of drug-likeness (QED) is 0.678. The Hall–Kier alpha value is -2.57. The summed E-state index contributed by atoms with van der Waals surface area (Å²) in [6.45, 7) is 1.25. The van der Waals surface area contributed by atoms with Crippen LogP contribution in [0.4, 0.5) is 4.39 Å². The molecule has 3 aromatic rings. The zero-order chi connectivity index (χ0) is 18.5. The van der Waals surface area contributed by atoms with E-state index in [2.05, 4.69) is 10.4 Å². The molecule has 26 heavy (non-hydrogen) atoms. The number of rotatable bonds is 7. The first-order chi connectivity index (χ1) is 12.6. The van der Waals surface area contributed by atoms with E-state index in [1.54, 1.807) is 37.2 Å². The van der Waals surface area contributed by atoms with Crippen molar-refractivity contribution in [2.24, 2.45) is 0 Å². The Labute approximate surface area is 156 Å². The third kappa shape index (κ3) is 4.15. The first-order valence-corrected chi connectivity index (χ1v) is 8.39. The van der Waals surface area contributed by atoms with Gasteiger partial charge < -0.3 is 14.8 Å². The lowest BCUT2D eigenvalue weighted by molar-refractivity contribution is 0.354. The zero-order valence-electron chi connectivity index (χ0n) is 14.5. The van der Waals surface area contributed by atoms with Gasteiger partial charge in [0.25, 0.3) is 0 Å². The van der Waals surface area contributed by atoms with E-state index in [0.717, 1.165) is 16.8 Å². The smallest absolute Gasteiger partial charge is 0.179 e. The summed E-state index contributed by atoms with van der Waals surface area (Å²) in [5.41, 5.74) is 2.81. The number of benzene rings is 2. The van der Waals surface area contributed by atoms with Crippen LogP contribution in [0.25, 0.3) is 5.69 Å². The minimum absolute atomic E-state index is 0.267. The maximum atomic E-state index is 13.0. The van der Waals surface area contributed by atoms with E-state index in [4.69, 9.17) is 21.1 Å². The van der Waals surface area contributed by atoms with Gasteiger partial charge in [-0.2, -0.15) is 5.10 Å². The van der Waals surface area contributed by atoms with Gasteiger partial charge in [0, 0.05) is 24.8 Å². The van der Waals surface area contributed by atoms with Crippen molar-refractivity contribution in [2.45, 2.75) is 13.1 Å². The number of methoxy groups -OCH3 is 2. The molecule has 1 N–H and O–H groups in total. The molecule has 0 spiro atoms. The topological polar surface area (TPSA) is 48.3 Å². The molecule has 0 aliphatic heterocycles. The number of nitrogens with one attached hydrogen (secondary N) is 1. The van der Waals surface area contributed by atoms with Gasteiger partial charge in [-0.1, -0.05) is 11.6 Å². The number of hydrogen-bond acceptors (Lipinski definition) is 4. The van der Waals surface area contributed by atoms with E-state index < -0.39 is 0 Å². The molecule has 1 aromatic heterocycles. The minimum Gasteiger partial charge on any atom is -0.493 e. The summed E-state index contributed by atoms with van der Waals surface area (Å²) in [6.07, 6.45) is 3.68. The monoisotopic (exact) mass is 375 g/mol. The van der Waals surface area contributed by atoms with Gasteiger partial charge in [-0.3, -0.25) is 0 Å². The van der Waals surface area contributed by atoms with E-state index >= 15 is 0 Å². The van der Waals surface area contributed by atoms with E-state index in [1.165, 1.54) is 12.1 Å². The number of aromatic nitrogens is 2. The highest BCUT2D eigenvalue weighted by atomic mass is 35.5. The van der Waals surface area contributed by atoms with Gasteiger partial charge in [0.15, 0.2) is 11.5 Å². The van der Waals surface area contributed by atoms with Gasteiger partial charge in [-0.15, -0.1) is 0 Å². The van der Waals surface area contributed by atoms with Gasteiger partial charge in [0.05, 0.1) is 31.1 Å². The van der Waals surface area contributed by atoms with Crippen LogP contribution in [0.3, 0.4) is 0 Å². The van der Waals surface area contributed by atoms with E-state index in [9.17, 15) is 4.39 Å². The molecule has 0 unspecified atom stereocenters. The third-order valence-electron chi connectivity index (χ3n) is 3.88. The molecule has 136 valence electrons. The summed E-state index contributed by atoms with van der Waals surface area (Å²) < 4.78 is 25.3. The van der Waals surface area contributed by atoms with Gasteiger partial charge in [-0.05, 0) is 42.0 Å². The lowest BCUT2D eigenvalue weighted by Crippen LogP contribution is -2.12. The first-order valence-electron chi connectivity index (χ1n) is 8.01. The zero-order valence-corrected chi connectivity index (χ0v) is 15.3. The molecular formula is C19H19ClFN3O2. The molecule has 0 aliphatic rings. The Balaban J connectivity index is 1.62. The van der Waals surface area contributed by atoms with Crippen molar-refractivity contribution in [2.75, 3.05) is 14.2 Å². The average molecular weight is 376 g/mol. The number of ether oxygens (including phenoxy) is 2. The Morgan fingerprint density at radius 2 is 1.81 bits per heavy atom. The third-order valence-corrected chi connectivity index (χ3v) is 4.16. The van der Waals surface area contributed by atoms with Crippen molar-refractivity contribution >= 4 is 11.6 Å². The fraction of sp³-hybridized carbons (Fsp3) is 0.211. The standard InChI is InChI=1S/C19H19ClFN3O2/c1-25-18-8-13(7-17(20)19(18)26-2)9-22-10-14-11-23-24(12-14)16-5-3-15(21)4-6-16/h3-8,11-12,22H,9-10H2,1-2H3. The van der Waals surface area contributed by atoms with Crippen LogP contribution in [-0.2, 0) is 13.1 Å². The van der Waals surface area contributed by atoms with Crippen LogP contribution >= 0.6 is 11.6 Å². The molecular weight excluding hydrogens is 357 g/mol. The molecule has 0 saturated heterocycles. The maximum Gasteiger partial charge on any atom is 0.179 e. The summed E-state index contributed by atoms with van der Waals surface area (Å²) in [6, 6.07) is 9.93. The lowest BCUT2D eigenvalue weighted by Gasteiger charge is -2.12. The molecule has 3 rings (SSSR count). The molecule has 0 fully saturated rings. The normalized spacial score (nSPS) is 10.8. The highest BCUT2D eigenvalue weighted by Gasteiger charge is 2.10. The molecule has 1 heterocycles. The van der Waals surface area contributed by atoms with Crippen LogP contribution in [0, 0.1) is 5.82 Å². The SMILES string of the molecule is COc1cc(CNCc2cnn(-c3ccc(F)cc3)c2)cc(Cl)c1OC. The van der Waals surface area contributed by atoms with Crippen LogP contribution in [0.5, 0.6) is 11.5 Å². The van der Waals surface area contributed by atoms with Gasteiger partial charge in [0.1, 0.15) is 5.82 Å². The maximum absolute atomic E-state index is 13.0. The summed E-state index contributed by atoms with van der Waals surface area (Å²) in [5.74, 6) is 0.857. The summed E-state index contributed by atoms with van der Waals surface area (Å²) in [4.78, 5) is 0. The molecule has 0 atom stereocenters. The Morgan fingerprint density at radius 1 is 1.08 bits per heavy atom. The van der Waals surface area contributed by atoms with E-state index in [1.807, 2.05) is 18.3 Å². The second-order valence-electron chi connectivity index (χ2n) is 5.69. The van der Waals surface area contributed by atoms with Gasteiger partial charge in [-0.25, -0.2) is 9.07 Å². The van der Waals surface area contributed by atoms with E-state index in [0.29, 0.717) is 29.6 Å². The Bertz CT molecular complexity index is 881. The van der Waals surface area contributed by atoms with Crippen LogP contribution in [-0.4, -0.2) is 24.0 Å². The van der Waals surface area contributed by atoms with Crippen molar-refractivity contribution in [3.63, 3.8) is 0 Å². The van der Waals surface area contributed by atoms with Gasteiger partial charge in [0.2, 0.25) is 0 Å². The fourth-order valence-corrected chi connectivity index (χ4v) is 2.92. The lowest BCUT2D eigenvalue weighted by atomic mass is 10.2. The fourth-order valence-electron chi connectivity index (χ4n) is 2.61. The summed E-state index contributed by atoms with van der Waals surface area (Å²) in [5, 5.41) is 8.15. The van der Waals surface area contributed by atoms with Crippen molar-refractivity contribution < 1.29 is 13.9 Å². The molecule has 0 amide bonds. The van der Waals surface area contributed by atoms with Crippen molar-refractivity contribution in [3.8, 4) is 17.2 Å². The highest BCUT2D eigenvalue weighted by molar-refractivity contribution is 6.32. The Kier molecular flexibility index (Phi) is 5.75. The van der Waals surface area contributed by atoms with Crippen molar-refractivity contribution in [3.05, 3.63) is 70.8 Å². The second-order valence-corrected chi connectivity index (χ2v) is 6.09. The predicted octanol–water partition coefficient (Wildman–Crippen LogP) is 3.97. The summed E-state index contributed by atoms with van der Waals surface area (Å²) in [7, 11) is 3.13. The number of nitrogens with zero attached hydrogens (tertiary/aromatic N) is 2. The molecule has 0 bridgehead atoms. The molecule has 5 nitrogen and oxygen atoms in total. The van der Waals surface area contributed by atoms with Crippen LogP contribution in [0.15, 0.2) is 48.8 Å². The molecule has 0 radical (unpaired) electrons. The summed E-state index contributed by atoms with van der Waals surface area (Å²) >= 11 is 6.22. The van der Waals surface area contributed by atoms with Crippen LogP contribution < -0.4 is 14.8 Å². The van der Waals surface area contributed by atoms with Crippen LogP contribution in [0.1, 0.15) is 11.1 Å². The Morgan fingerprint density at radius 3 is 2.50 bits per heavy atom. The highest BCUT2D eigenvalue weighted by Crippen LogP contribution is 2.35. The largest absolute Gasteiger partial charge is 0.493 e. The molecule has 7 heteroatoms. The minimum atomic E-state index is -0.267. The number of halogens is 2. The van der Waals surface area contributed by atoms with Crippen LogP contribution in [0.2, 0.25) is 5.02 Å². The molecule has 0 aliphatic carbocycles. The van der Waals surface area contributed by atoms with E-state index in [-0.39, 0.29) is 5.82 Å². The van der Waals surface area contributed by atoms with Gasteiger partial charge >= 0.3 is 0 Å². The molecule has 2 aromatic carbocycles. The predicted molar refractivity (Wildman–Crippen MR) is 98.6 cm³/mol.